The van der Waals surface area contributed by atoms with Crippen LogP contribution in [0.25, 0.3) is 0 Å². The van der Waals surface area contributed by atoms with Crippen LogP contribution in [0.2, 0.25) is 0 Å². The van der Waals surface area contributed by atoms with Gasteiger partial charge in [-0.2, -0.15) is 0 Å². The molecule has 1 aromatic rings. The van der Waals surface area contributed by atoms with Crippen LogP contribution < -0.4 is 5.32 Å². The Bertz CT molecular complexity index is 536. The van der Waals surface area contributed by atoms with Crippen molar-refractivity contribution in [3.05, 3.63) is 44.3 Å². The van der Waals surface area contributed by atoms with E-state index in [1.165, 1.54) is 6.08 Å². The van der Waals surface area contributed by atoms with Gasteiger partial charge in [0.05, 0.1) is 8.49 Å². The molecule has 8 heteroatoms. The maximum Gasteiger partial charge on any atom is 0.326 e. The molecule has 0 saturated carbocycles. The highest BCUT2D eigenvalue weighted by Gasteiger charge is 2.22. The highest BCUT2D eigenvalue weighted by Crippen LogP contribution is 2.29. The first kappa shape index (κ1) is 15.3. The number of carbonyl (C=O) groups is 1. The van der Waals surface area contributed by atoms with Gasteiger partial charge in [0.2, 0.25) is 0 Å². The van der Waals surface area contributed by atoms with Crippen LogP contribution in [-0.2, 0) is 4.79 Å². The van der Waals surface area contributed by atoms with Crippen molar-refractivity contribution in [1.29, 1.82) is 0 Å². The summed E-state index contributed by atoms with van der Waals surface area (Å²) in [6.45, 7) is 3.40. The standard InChI is InChI=1S/C11H10FIN2O4/c1-2-3-8(11(16)17)14-9-4-6(12)7(13)5-10(9)15(18)19/h2,4-5,8,14H,1,3H2,(H,16,17). The van der Waals surface area contributed by atoms with Crippen LogP contribution in [0.5, 0.6) is 0 Å². The Morgan fingerprint density at radius 1 is 1.68 bits per heavy atom. The van der Waals surface area contributed by atoms with Crippen LogP contribution in [0.4, 0.5) is 15.8 Å². The lowest BCUT2D eigenvalue weighted by molar-refractivity contribution is -0.384. The molecule has 2 N–H and O–H groups in total. The summed E-state index contributed by atoms with van der Waals surface area (Å²) in [5.41, 5.74) is -0.543. The third-order valence-electron chi connectivity index (χ3n) is 2.27. The number of aliphatic carboxylic acids is 1. The van der Waals surface area contributed by atoms with Crippen LogP contribution in [0, 0.1) is 19.5 Å². The van der Waals surface area contributed by atoms with E-state index in [1.54, 1.807) is 22.6 Å². The molecule has 0 saturated heterocycles. The van der Waals surface area contributed by atoms with Crippen LogP contribution in [0.1, 0.15) is 6.42 Å². The molecule has 1 atom stereocenters. The Morgan fingerprint density at radius 3 is 2.79 bits per heavy atom. The van der Waals surface area contributed by atoms with E-state index in [-0.39, 0.29) is 21.4 Å². The number of nitrogens with zero attached hydrogens (tertiary/aromatic N) is 1. The largest absolute Gasteiger partial charge is 0.480 e. The molecule has 0 radical (unpaired) electrons. The predicted octanol–water partition coefficient (Wildman–Crippen LogP) is 2.78. The zero-order valence-electron chi connectivity index (χ0n) is 9.60. The molecular formula is C11H10FIN2O4. The lowest BCUT2D eigenvalue weighted by Crippen LogP contribution is -2.29. The smallest absolute Gasteiger partial charge is 0.326 e. The van der Waals surface area contributed by atoms with Gasteiger partial charge in [0, 0.05) is 12.1 Å². The molecule has 0 aliphatic heterocycles. The number of anilines is 1. The number of hydrogen-bond donors (Lipinski definition) is 2. The summed E-state index contributed by atoms with van der Waals surface area (Å²) in [6.07, 6.45) is 1.42. The van der Waals surface area contributed by atoms with Gasteiger partial charge < -0.3 is 10.4 Å². The number of halogens is 2. The van der Waals surface area contributed by atoms with Crippen molar-refractivity contribution >= 4 is 39.9 Å². The number of carboxylic acid groups (broad SMARTS) is 1. The molecule has 0 fully saturated rings. The van der Waals surface area contributed by atoms with Crippen molar-refractivity contribution in [2.75, 3.05) is 5.32 Å². The molecule has 1 aromatic carbocycles. The lowest BCUT2D eigenvalue weighted by atomic mass is 10.1. The Hall–Kier alpha value is -1.71. The molecule has 1 unspecified atom stereocenters. The fourth-order valence-corrected chi connectivity index (χ4v) is 1.83. The van der Waals surface area contributed by atoms with Crippen LogP contribution >= 0.6 is 22.6 Å². The number of rotatable bonds is 6. The first-order valence-corrected chi connectivity index (χ1v) is 6.18. The van der Waals surface area contributed by atoms with Crippen molar-refractivity contribution in [3.8, 4) is 0 Å². The van der Waals surface area contributed by atoms with Gasteiger partial charge >= 0.3 is 5.97 Å². The SMILES string of the molecule is C=CCC(Nc1cc(F)c(I)cc1[N+](=O)[O-])C(=O)O. The number of hydrogen-bond acceptors (Lipinski definition) is 4. The number of benzene rings is 1. The highest BCUT2D eigenvalue weighted by atomic mass is 127. The van der Waals surface area contributed by atoms with Gasteiger partial charge in [0.15, 0.2) is 0 Å². The van der Waals surface area contributed by atoms with Crippen molar-refractivity contribution < 1.29 is 19.2 Å². The average Bonchev–Trinajstić information content (AvgIpc) is 2.32. The second-order valence-corrected chi connectivity index (χ2v) is 4.76. The molecule has 0 amide bonds. The van der Waals surface area contributed by atoms with Gasteiger partial charge in [-0.3, -0.25) is 10.1 Å². The minimum Gasteiger partial charge on any atom is -0.480 e. The fraction of sp³-hybridized carbons (Fsp3) is 0.182. The van der Waals surface area contributed by atoms with E-state index in [1.807, 2.05) is 0 Å². The summed E-state index contributed by atoms with van der Waals surface area (Å²) in [5.74, 6) is -1.86. The fourth-order valence-electron chi connectivity index (χ4n) is 1.38. The Kier molecular flexibility index (Phi) is 5.21. The van der Waals surface area contributed by atoms with E-state index < -0.39 is 22.8 Å². The van der Waals surface area contributed by atoms with Gasteiger partial charge in [-0.25, -0.2) is 9.18 Å². The maximum absolute atomic E-state index is 13.4. The average molecular weight is 380 g/mol. The molecule has 0 spiro atoms. The molecule has 0 bridgehead atoms. The first-order chi connectivity index (χ1) is 8.86. The first-order valence-electron chi connectivity index (χ1n) is 5.10. The Labute approximate surface area is 121 Å². The number of nitro groups is 1. The van der Waals surface area contributed by atoms with E-state index in [9.17, 15) is 19.3 Å². The molecule has 0 aromatic heterocycles. The van der Waals surface area contributed by atoms with Gasteiger partial charge in [-0.1, -0.05) is 6.08 Å². The predicted molar refractivity (Wildman–Crippen MR) is 75.6 cm³/mol. The minimum absolute atomic E-state index is 0.0556. The zero-order valence-corrected chi connectivity index (χ0v) is 11.8. The molecule has 1 rings (SSSR count). The molecule has 0 aliphatic rings. The quantitative estimate of drug-likeness (QED) is 0.343. The second-order valence-electron chi connectivity index (χ2n) is 3.60. The molecule has 0 aliphatic carbocycles. The molecule has 102 valence electrons. The molecular weight excluding hydrogens is 370 g/mol. The summed E-state index contributed by atoms with van der Waals surface area (Å²) in [6, 6.07) is 0.861. The van der Waals surface area contributed by atoms with Gasteiger partial charge in [-0.15, -0.1) is 6.58 Å². The van der Waals surface area contributed by atoms with Crippen LogP contribution in [-0.4, -0.2) is 22.0 Å². The zero-order chi connectivity index (χ0) is 14.6. The summed E-state index contributed by atoms with van der Waals surface area (Å²) in [7, 11) is 0. The summed E-state index contributed by atoms with van der Waals surface area (Å²) >= 11 is 1.62. The van der Waals surface area contributed by atoms with E-state index >= 15 is 0 Å². The number of nitrogens with one attached hydrogen (secondary N) is 1. The summed E-state index contributed by atoms with van der Waals surface area (Å²) in [4.78, 5) is 21.1. The third-order valence-corrected chi connectivity index (χ3v) is 3.09. The van der Waals surface area contributed by atoms with Crippen molar-refractivity contribution in [3.63, 3.8) is 0 Å². The lowest BCUT2D eigenvalue weighted by Gasteiger charge is -2.14. The second kappa shape index (κ2) is 6.45. The van der Waals surface area contributed by atoms with E-state index in [0.717, 1.165) is 12.1 Å². The van der Waals surface area contributed by atoms with Crippen molar-refractivity contribution in [2.45, 2.75) is 12.5 Å². The minimum atomic E-state index is -1.20. The van der Waals surface area contributed by atoms with Crippen LogP contribution in [0.3, 0.4) is 0 Å². The third kappa shape index (κ3) is 3.88. The molecule has 6 nitrogen and oxygen atoms in total. The van der Waals surface area contributed by atoms with E-state index in [4.69, 9.17) is 5.11 Å². The van der Waals surface area contributed by atoms with E-state index in [2.05, 4.69) is 11.9 Å². The Morgan fingerprint density at radius 2 is 2.32 bits per heavy atom. The summed E-state index contributed by atoms with van der Waals surface area (Å²) in [5, 5.41) is 22.3. The van der Waals surface area contributed by atoms with Crippen LogP contribution in [0.15, 0.2) is 24.8 Å². The molecule has 0 heterocycles. The Balaban J connectivity index is 3.17. The van der Waals surface area contributed by atoms with Gasteiger partial charge in [0.25, 0.3) is 5.69 Å². The number of nitro benzene ring substituents is 1. The van der Waals surface area contributed by atoms with E-state index in [0.29, 0.717) is 0 Å². The van der Waals surface area contributed by atoms with Gasteiger partial charge in [0.1, 0.15) is 17.5 Å². The van der Waals surface area contributed by atoms with Gasteiger partial charge in [-0.05, 0) is 29.0 Å². The number of carboxylic acids is 1. The molecule has 19 heavy (non-hydrogen) atoms. The topological polar surface area (TPSA) is 92.5 Å². The maximum atomic E-state index is 13.4. The van der Waals surface area contributed by atoms with Crippen molar-refractivity contribution in [1.82, 2.24) is 0 Å². The summed E-state index contributed by atoms with van der Waals surface area (Å²) < 4.78 is 13.5. The normalized spacial score (nSPS) is 11.7. The monoisotopic (exact) mass is 380 g/mol. The highest BCUT2D eigenvalue weighted by molar-refractivity contribution is 14.1. The van der Waals surface area contributed by atoms with Crippen molar-refractivity contribution in [2.24, 2.45) is 0 Å².